The quantitative estimate of drug-likeness (QED) is 0.342. The van der Waals surface area contributed by atoms with Crippen molar-refractivity contribution >= 4 is 23.3 Å². The highest BCUT2D eigenvalue weighted by molar-refractivity contribution is 6.21. The second kappa shape index (κ2) is 7.78. The number of rotatable bonds is 3. The van der Waals surface area contributed by atoms with Gasteiger partial charge in [0.15, 0.2) is 0 Å². The number of anilines is 1. The molecule has 1 aromatic rings. The van der Waals surface area contributed by atoms with E-state index in [4.69, 9.17) is 15.6 Å². The van der Waals surface area contributed by atoms with Crippen molar-refractivity contribution in [1.82, 2.24) is 0 Å². The number of halogens is 6. The molecule has 0 amide bonds. The molecule has 1 aromatic carbocycles. The first-order valence-corrected chi connectivity index (χ1v) is 7.88. The summed E-state index contributed by atoms with van der Waals surface area (Å²) in [5.41, 5.74) is -1.88. The lowest BCUT2D eigenvalue weighted by Gasteiger charge is -2.28. The van der Waals surface area contributed by atoms with Crippen LogP contribution in [-0.4, -0.2) is 36.5 Å². The molecule has 6 nitrogen and oxygen atoms in total. The highest BCUT2D eigenvalue weighted by Crippen LogP contribution is 2.36. The molecule has 154 valence electrons. The maximum Gasteiger partial charge on any atom is 0.449 e. The van der Waals surface area contributed by atoms with E-state index in [-0.39, 0.29) is 17.1 Å². The van der Waals surface area contributed by atoms with Crippen LogP contribution in [0.2, 0.25) is 0 Å². The lowest BCUT2D eigenvalue weighted by atomic mass is 10.1. The Morgan fingerprint density at radius 2 is 1.93 bits per heavy atom. The maximum absolute atomic E-state index is 13.1. The Bertz CT molecular complexity index is 791. The summed E-state index contributed by atoms with van der Waals surface area (Å²) < 4.78 is 88.1. The Morgan fingerprint density at radius 3 is 2.46 bits per heavy atom. The van der Waals surface area contributed by atoms with Crippen LogP contribution in [0.15, 0.2) is 18.2 Å². The molecule has 0 saturated heterocycles. The SMILES string of the molecule is CCOC(=O)C[C@@H]1OCc2cc(C(F)(F)F)ccc2N(C(=N)C(F)(F)F)C1=N. The number of hydrogen-bond donors (Lipinski definition) is 2. The van der Waals surface area contributed by atoms with Gasteiger partial charge in [0.05, 0.1) is 30.9 Å². The average molecular weight is 411 g/mol. The summed E-state index contributed by atoms with van der Waals surface area (Å²) in [5, 5.41) is 15.4. The summed E-state index contributed by atoms with van der Waals surface area (Å²) in [7, 11) is 0. The second-order valence-corrected chi connectivity index (χ2v) is 5.72. The van der Waals surface area contributed by atoms with Crippen molar-refractivity contribution < 1.29 is 40.6 Å². The summed E-state index contributed by atoms with van der Waals surface area (Å²) in [6.45, 7) is 0.890. The first-order valence-electron chi connectivity index (χ1n) is 7.88. The number of carbonyl (C=O) groups excluding carboxylic acids is 1. The average Bonchev–Trinajstić information content (AvgIpc) is 2.69. The fraction of sp³-hybridized carbons (Fsp3) is 0.438. The molecule has 1 atom stereocenters. The van der Waals surface area contributed by atoms with Gasteiger partial charge in [-0.2, -0.15) is 26.3 Å². The van der Waals surface area contributed by atoms with Gasteiger partial charge in [-0.05, 0) is 25.1 Å². The minimum atomic E-state index is -5.19. The maximum atomic E-state index is 13.1. The first-order chi connectivity index (χ1) is 12.9. The second-order valence-electron chi connectivity index (χ2n) is 5.72. The Labute approximate surface area is 155 Å². The molecular formula is C16H15F6N3O3. The molecule has 1 heterocycles. The van der Waals surface area contributed by atoms with E-state index in [2.05, 4.69) is 4.74 Å². The summed E-state index contributed by atoms with van der Waals surface area (Å²) in [6, 6.07) is 1.88. The van der Waals surface area contributed by atoms with Crippen molar-refractivity contribution in [2.75, 3.05) is 11.5 Å². The van der Waals surface area contributed by atoms with Crippen LogP contribution in [0.25, 0.3) is 0 Å². The minimum absolute atomic E-state index is 0.0177. The van der Waals surface area contributed by atoms with Crippen LogP contribution in [0.3, 0.4) is 0 Å². The molecule has 0 bridgehead atoms. The minimum Gasteiger partial charge on any atom is -0.466 e. The van der Waals surface area contributed by atoms with E-state index in [0.717, 1.165) is 6.07 Å². The molecule has 0 spiro atoms. The lowest BCUT2D eigenvalue weighted by Crippen LogP contribution is -2.48. The van der Waals surface area contributed by atoms with Crippen LogP contribution < -0.4 is 4.90 Å². The third-order valence-electron chi connectivity index (χ3n) is 3.78. The number of carbonyl (C=O) groups is 1. The fourth-order valence-corrected chi connectivity index (χ4v) is 2.53. The third kappa shape index (κ3) is 4.61. The van der Waals surface area contributed by atoms with E-state index in [1.54, 1.807) is 0 Å². The van der Waals surface area contributed by atoms with Gasteiger partial charge < -0.3 is 9.47 Å². The summed E-state index contributed by atoms with van der Waals surface area (Å²) >= 11 is 0. The van der Waals surface area contributed by atoms with Crippen molar-refractivity contribution in [1.29, 1.82) is 10.8 Å². The molecule has 1 aliphatic heterocycles. The molecule has 0 unspecified atom stereocenters. The van der Waals surface area contributed by atoms with Crippen molar-refractivity contribution in [3.63, 3.8) is 0 Å². The molecular weight excluding hydrogens is 396 g/mol. The van der Waals surface area contributed by atoms with Crippen molar-refractivity contribution in [2.24, 2.45) is 0 Å². The van der Waals surface area contributed by atoms with Gasteiger partial charge in [-0.25, -0.2) is 0 Å². The van der Waals surface area contributed by atoms with E-state index in [1.807, 2.05) is 0 Å². The molecule has 1 aliphatic rings. The van der Waals surface area contributed by atoms with Gasteiger partial charge in [0.1, 0.15) is 11.9 Å². The summed E-state index contributed by atoms with van der Waals surface area (Å²) in [6.07, 6.45) is -12.1. The van der Waals surface area contributed by atoms with Gasteiger partial charge >= 0.3 is 18.3 Å². The zero-order valence-electron chi connectivity index (χ0n) is 14.4. The monoisotopic (exact) mass is 411 g/mol. The molecule has 12 heteroatoms. The lowest BCUT2D eigenvalue weighted by molar-refractivity contribution is -0.145. The highest BCUT2D eigenvalue weighted by Gasteiger charge is 2.44. The zero-order chi connectivity index (χ0) is 21.3. The van der Waals surface area contributed by atoms with E-state index < -0.39 is 60.4 Å². The molecule has 2 rings (SSSR count). The predicted octanol–water partition coefficient (Wildman–Crippen LogP) is 3.88. The van der Waals surface area contributed by atoms with E-state index in [9.17, 15) is 31.1 Å². The van der Waals surface area contributed by atoms with E-state index in [1.165, 1.54) is 6.92 Å². The summed E-state index contributed by atoms with van der Waals surface area (Å²) in [5.74, 6) is -3.76. The van der Waals surface area contributed by atoms with E-state index in [0.29, 0.717) is 12.1 Å². The number of ether oxygens (including phenoxy) is 2. The van der Waals surface area contributed by atoms with Crippen LogP contribution in [0.5, 0.6) is 0 Å². The fourth-order valence-electron chi connectivity index (χ4n) is 2.53. The number of esters is 1. The Morgan fingerprint density at radius 1 is 1.29 bits per heavy atom. The Balaban J connectivity index is 2.51. The number of benzene rings is 1. The molecule has 0 radical (unpaired) electrons. The van der Waals surface area contributed by atoms with Gasteiger partial charge in [0, 0.05) is 5.56 Å². The topological polar surface area (TPSA) is 86.5 Å². The normalized spacial score (nSPS) is 17.8. The molecule has 2 N–H and O–H groups in total. The molecule has 0 saturated carbocycles. The van der Waals surface area contributed by atoms with Crippen molar-refractivity contribution in [2.45, 2.75) is 38.4 Å². The third-order valence-corrected chi connectivity index (χ3v) is 3.78. The van der Waals surface area contributed by atoms with Crippen molar-refractivity contribution in [3.05, 3.63) is 29.3 Å². The van der Waals surface area contributed by atoms with Gasteiger partial charge in [0.2, 0.25) is 5.84 Å². The van der Waals surface area contributed by atoms with Gasteiger partial charge in [-0.15, -0.1) is 0 Å². The number of nitrogens with zero attached hydrogens (tertiary/aromatic N) is 1. The van der Waals surface area contributed by atoms with E-state index >= 15 is 0 Å². The van der Waals surface area contributed by atoms with Crippen LogP contribution >= 0.6 is 0 Å². The number of alkyl halides is 6. The molecule has 0 aliphatic carbocycles. The van der Waals surface area contributed by atoms with Crippen LogP contribution in [0, 0.1) is 10.8 Å². The molecule has 28 heavy (non-hydrogen) atoms. The zero-order valence-corrected chi connectivity index (χ0v) is 14.4. The number of fused-ring (bicyclic) bond motifs is 1. The van der Waals surface area contributed by atoms with Crippen LogP contribution in [0.4, 0.5) is 32.0 Å². The molecule has 0 fully saturated rings. The number of amidine groups is 2. The Hall–Kier alpha value is -2.63. The number of hydrogen-bond acceptors (Lipinski definition) is 5. The first kappa shape index (κ1) is 21.7. The molecule has 0 aromatic heterocycles. The summed E-state index contributed by atoms with van der Waals surface area (Å²) in [4.78, 5) is 11.8. The Kier molecular flexibility index (Phi) is 6.02. The predicted molar refractivity (Wildman–Crippen MR) is 85.3 cm³/mol. The largest absolute Gasteiger partial charge is 0.466 e. The standard InChI is InChI=1S/C16H15F6N3O3/c1-2-27-12(26)6-11-13(23)25(14(24)16(20,21)22)10-4-3-9(15(17,18)19)5-8(10)7-28-11/h3-5,11,23-24H,2,6-7H2,1H3/t11-/m0/s1. The van der Waals surface area contributed by atoms with Gasteiger partial charge in [-0.3, -0.25) is 20.5 Å². The van der Waals surface area contributed by atoms with Crippen LogP contribution in [-0.2, 0) is 27.1 Å². The van der Waals surface area contributed by atoms with Crippen molar-refractivity contribution in [3.8, 4) is 0 Å². The van der Waals surface area contributed by atoms with Gasteiger partial charge in [-0.1, -0.05) is 0 Å². The van der Waals surface area contributed by atoms with Gasteiger partial charge in [0.25, 0.3) is 0 Å². The smallest absolute Gasteiger partial charge is 0.449 e. The highest BCUT2D eigenvalue weighted by atomic mass is 19.4. The van der Waals surface area contributed by atoms with Crippen LogP contribution in [0.1, 0.15) is 24.5 Å². The number of nitrogens with one attached hydrogen (secondary N) is 2.